The molecular formula is C26H32N8O2. The molecule has 4 rings (SSSR count). The van der Waals surface area contributed by atoms with Crippen LogP contribution in [0.15, 0.2) is 55.0 Å². The zero-order chi connectivity index (χ0) is 25.7. The van der Waals surface area contributed by atoms with Crippen LogP contribution in [0.25, 0.3) is 10.9 Å². The fourth-order valence-corrected chi connectivity index (χ4v) is 3.73. The van der Waals surface area contributed by atoms with Gasteiger partial charge in [0.2, 0.25) is 5.95 Å². The fourth-order valence-electron chi connectivity index (χ4n) is 3.73. The fraction of sp³-hybridized carbons (Fsp3) is 0.346. The van der Waals surface area contributed by atoms with Crippen LogP contribution in [-0.2, 0) is 0 Å². The van der Waals surface area contributed by atoms with E-state index in [1.807, 2.05) is 54.9 Å². The summed E-state index contributed by atoms with van der Waals surface area (Å²) < 4.78 is 1.92. The van der Waals surface area contributed by atoms with E-state index in [0.717, 1.165) is 16.5 Å². The lowest BCUT2D eigenvalue weighted by atomic mass is 10.1. The maximum absolute atomic E-state index is 12.9. The van der Waals surface area contributed by atoms with Crippen LogP contribution < -0.4 is 16.0 Å². The topological polar surface area (TPSA) is 130 Å². The van der Waals surface area contributed by atoms with Crippen molar-refractivity contribution in [1.29, 1.82) is 0 Å². The number of hydrogen-bond donors (Lipinski definition) is 4. The number of pyridine rings is 1. The molecule has 4 N–H and O–H groups in total. The monoisotopic (exact) mass is 488 g/mol. The van der Waals surface area contributed by atoms with Crippen molar-refractivity contribution in [3.8, 4) is 0 Å². The van der Waals surface area contributed by atoms with E-state index in [1.54, 1.807) is 12.4 Å². The molecule has 3 heterocycles. The van der Waals surface area contributed by atoms with Crippen molar-refractivity contribution < 1.29 is 9.90 Å². The van der Waals surface area contributed by atoms with E-state index in [-0.39, 0.29) is 30.1 Å². The van der Waals surface area contributed by atoms with E-state index in [4.69, 9.17) is 0 Å². The standard InChI is InChI=1S/C26H32N8O2/c1-16(2)11-28-25(36)20-14-29-26(33-24(20)31-21(15-35)18-8-6-5-7-9-18)32-23-10-22-19(12-27-23)13-30-34(22)17(3)4/h5-10,12-14,16-17,21,35H,11,15H2,1-4H3,(H,28,36)(H2,27,29,31,32,33)/t21-/m1/s1. The van der Waals surface area contributed by atoms with Crippen LogP contribution in [0.4, 0.5) is 17.6 Å². The van der Waals surface area contributed by atoms with Gasteiger partial charge in [-0.05, 0) is 25.3 Å². The molecule has 36 heavy (non-hydrogen) atoms. The first kappa shape index (κ1) is 25.1. The highest BCUT2D eigenvalue weighted by Gasteiger charge is 2.19. The summed E-state index contributed by atoms with van der Waals surface area (Å²) in [5, 5.41) is 24.7. The van der Waals surface area contributed by atoms with E-state index in [2.05, 4.69) is 49.8 Å². The van der Waals surface area contributed by atoms with E-state index in [1.165, 1.54) is 6.20 Å². The molecule has 0 bridgehead atoms. The van der Waals surface area contributed by atoms with Crippen LogP contribution in [-0.4, -0.2) is 48.9 Å². The number of benzene rings is 1. The summed E-state index contributed by atoms with van der Waals surface area (Å²) in [7, 11) is 0. The molecule has 0 unspecified atom stereocenters. The maximum Gasteiger partial charge on any atom is 0.256 e. The largest absolute Gasteiger partial charge is 0.394 e. The van der Waals surface area contributed by atoms with Crippen molar-refractivity contribution in [1.82, 2.24) is 30.0 Å². The number of carbonyl (C=O) groups excluding carboxylic acids is 1. The number of rotatable bonds is 10. The Labute approximate surface area is 210 Å². The van der Waals surface area contributed by atoms with Crippen molar-refractivity contribution >= 4 is 34.4 Å². The number of nitrogens with zero attached hydrogens (tertiary/aromatic N) is 5. The molecule has 0 aliphatic heterocycles. The number of carbonyl (C=O) groups is 1. The van der Waals surface area contributed by atoms with Gasteiger partial charge in [-0.1, -0.05) is 44.2 Å². The van der Waals surface area contributed by atoms with Crippen LogP contribution in [0.3, 0.4) is 0 Å². The van der Waals surface area contributed by atoms with Gasteiger partial charge in [0.1, 0.15) is 17.2 Å². The van der Waals surface area contributed by atoms with Gasteiger partial charge >= 0.3 is 0 Å². The minimum absolute atomic E-state index is 0.179. The molecule has 188 valence electrons. The van der Waals surface area contributed by atoms with Crippen molar-refractivity contribution in [2.24, 2.45) is 5.92 Å². The SMILES string of the molecule is CC(C)CNC(=O)c1cnc(Nc2cc3c(cn2)cnn3C(C)C)nc1N[C@H](CO)c1ccccc1. The first-order chi connectivity index (χ1) is 17.4. The summed E-state index contributed by atoms with van der Waals surface area (Å²) in [5.41, 5.74) is 2.10. The third-order valence-corrected chi connectivity index (χ3v) is 5.61. The predicted molar refractivity (Wildman–Crippen MR) is 140 cm³/mol. The number of aliphatic hydroxyl groups is 1. The lowest BCUT2D eigenvalue weighted by molar-refractivity contribution is 0.0949. The van der Waals surface area contributed by atoms with Crippen LogP contribution in [0.2, 0.25) is 0 Å². The number of hydrogen-bond acceptors (Lipinski definition) is 8. The Morgan fingerprint density at radius 1 is 1.06 bits per heavy atom. The lowest BCUT2D eigenvalue weighted by Crippen LogP contribution is -2.29. The molecule has 3 aromatic heterocycles. The molecule has 4 aromatic rings. The zero-order valence-electron chi connectivity index (χ0n) is 20.9. The molecule has 0 radical (unpaired) electrons. The van der Waals surface area contributed by atoms with Gasteiger partial charge in [-0.15, -0.1) is 0 Å². The Hall–Kier alpha value is -4.05. The van der Waals surface area contributed by atoms with Crippen LogP contribution >= 0.6 is 0 Å². The van der Waals surface area contributed by atoms with E-state index < -0.39 is 6.04 Å². The minimum Gasteiger partial charge on any atom is -0.394 e. The number of amides is 1. The molecule has 1 aromatic carbocycles. The smallest absolute Gasteiger partial charge is 0.256 e. The molecule has 1 amide bonds. The molecule has 0 aliphatic carbocycles. The predicted octanol–water partition coefficient (Wildman–Crippen LogP) is 4.08. The Morgan fingerprint density at radius 3 is 2.53 bits per heavy atom. The number of nitrogens with one attached hydrogen (secondary N) is 3. The normalized spacial score (nSPS) is 12.2. The molecule has 10 nitrogen and oxygen atoms in total. The van der Waals surface area contributed by atoms with Gasteiger partial charge in [-0.25, -0.2) is 9.97 Å². The van der Waals surface area contributed by atoms with Crippen molar-refractivity contribution in [3.63, 3.8) is 0 Å². The maximum atomic E-state index is 12.9. The van der Waals surface area contributed by atoms with Crippen molar-refractivity contribution in [2.45, 2.75) is 39.8 Å². The van der Waals surface area contributed by atoms with E-state index >= 15 is 0 Å². The van der Waals surface area contributed by atoms with Gasteiger partial charge in [0.05, 0.1) is 24.4 Å². The molecule has 0 saturated carbocycles. The molecule has 0 spiro atoms. The number of aromatic nitrogens is 5. The van der Waals surface area contributed by atoms with Gasteiger partial charge in [-0.3, -0.25) is 9.48 Å². The summed E-state index contributed by atoms with van der Waals surface area (Å²) in [4.78, 5) is 26.3. The summed E-state index contributed by atoms with van der Waals surface area (Å²) >= 11 is 0. The van der Waals surface area contributed by atoms with Crippen molar-refractivity contribution in [3.05, 3.63) is 66.1 Å². The second-order valence-electron chi connectivity index (χ2n) is 9.29. The van der Waals surface area contributed by atoms with Gasteiger partial charge in [0.15, 0.2) is 0 Å². The van der Waals surface area contributed by atoms with Crippen molar-refractivity contribution in [2.75, 3.05) is 23.8 Å². The quantitative estimate of drug-likeness (QED) is 0.263. The molecular weight excluding hydrogens is 456 g/mol. The molecule has 10 heteroatoms. The first-order valence-electron chi connectivity index (χ1n) is 12.0. The number of aliphatic hydroxyl groups excluding tert-OH is 1. The molecule has 0 saturated heterocycles. The average Bonchev–Trinajstić information content (AvgIpc) is 3.30. The van der Waals surface area contributed by atoms with Crippen LogP contribution in [0, 0.1) is 5.92 Å². The number of fused-ring (bicyclic) bond motifs is 1. The highest BCUT2D eigenvalue weighted by molar-refractivity contribution is 5.98. The Bertz CT molecular complexity index is 1320. The summed E-state index contributed by atoms with van der Waals surface area (Å²) in [6, 6.07) is 11.1. The molecule has 0 aliphatic rings. The van der Waals surface area contributed by atoms with Crippen LogP contribution in [0.1, 0.15) is 55.7 Å². The average molecular weight is 489 g/mol. The Kier molecular flexibility index (Phi) is 7.74. The highest BCUT2D eigenvalue weighted by atomic mass is 16.3. The van der Waals surface area contributed by atoms with Gasteiger partial charge in [0, 0.05) is 36.4 Å². The molecule has 0 fully saturated rings. The van der Waals surface area contributed by atoms with E-state index in [9.17, 15) is 9.90 Å². The van der Waals surface area contributed by atoms with Gasteiger partial charge < -0.3 is 21.1 Å². The zero-order valence-corrected chi connectivity index (χ0v) is 20.9. The second-order valence-corrected chi connectivity index (χ2v) is 9.29. The second kappa shape index (κ2) is 11.1. The minimum atomic E-state index is -0.458. The summed E-state index contributed by atoms with van der Waals surface area (Å²) in [6.45, 7) is 8.52. The lowest BCUT2D eigenvalue weighted by Gasteiger charge is -2.20. The summed E-state index contributed by atoms with van der Waals surface area (Å²) in [5.74, 6) is 1.13. The Balaban J connectivity index is 1.66. The number of anilines is 3. The van der Waals surface area contributed by atoms with Crippen LogP contribution in [0.5, 0.6) is 0 Å². The Morgan fingerprint density at radius 2 is 1.83 bits per heavy atom. The third-order valence-electron chi connectivity index (χ3n) is 5.61. The first-order valence-corrected chi connectivity index (χ1v) is 12.0. The van der Waals surface area contributed by atoms with E-state index in [0.29, 0.717) is 24.1 Å². The summed E-state index contributed by atoms with van der Waals surface area (Å²) in [6.07, 6.45) is 5.01. The third kappa shape index (κ3) is 5.77. The highest BCUT2D eigenvalue weighted by Crippen LogP contribution is 2.24. The van der Waals surface area contributed by atoms with Gasteiger partial charge in [-0.2, -0.15) is 10.1 Å². The van der Waals surface area contributed by atoms with Gasteiger partial charge in [0.25, 0.3) is 5.91 Å². The molecule has 1 atom stereocenters.